The molecule has 0 aliphatic heterocycles. The number of amides is 1. The lowest BCUT2D eigenvalue weighted by Crippen LogP contribution is -2.30. The number of ether oxygens (including phenoxy) is 3. The van der Waals surface area contributed by atoms with Gasteiger partial charge in [-0.25, -0.2) is 0 Å². The zero-order valence-electron chi connectivity index (χ0n) is 19.5. The van der Waals surface area contributed by atoms with Crippen LogP contribution in [0.2, 0.25) is 0 Å². The van der Waals surface area contributed by atoms with E-state index < -0.39 is 24.0 Å². The highest BCUT2D eigenvalue weighted by Crippen LogP contribution is 2.49. The van der Waals surface area contributed by atoms with Gasteiger partial charge in [0.2, 0.25) is 11.3 Å². The number of nitrogens with two attached hydrogens (primary N) is 1. The number of primary amides is 1. The average molecular weight is 478 g/mol. The monoisotopic (exact) mass is 477 g/mol. The van der Waals surface area contributed by atoms with Crippen molar-refractivity contribution >= 4 is 17.7 Å². The average Bonchev–Trinajstić information content (AvgIpc) is 3.06. The van der Waals surface area contributed by atoms with Crippen molar-refractivity contribution in [1.29, 1.82) is 0 Å². The van der Waals surface area contributed by atoms with Gasteiger partial charge in [0.05, 0.1) is 18.1 Å². The van der Waals surface area contributed by atoms with Gasteiger partial charge in [0.1, 0.15) is 6.10 Å². The van der Waals surface area contributed by atoms with Crippen LogP contribution in [0.1, 0.15) is 39.1 Å². The Labute approximate surface area is 203 Å². The lowest BCUT2D eigenvalue weighted by molar-refractivity contribution is -0.0444. The van der Waals surface area contributed by atoms with E-state index >= 15 is 0 Å². The third-order valence-corrected chi connectivity index (χ3v) is 7.10. The van der Waals surface area contributed by atoms with Crippen molar-refractivity contribution < 1.29 is 19.0 Å². The Bertz CT molecular complexity index is 1290. The van der Waals surface area contributed by atoms with Crippen LogP contribution < -0.4 is 15.9 Å². The molecule has 3 aromatic carbocycles. The molecular weight excluding hydrogens is 450 g/mol. The Balaban J connectivity index is 2.19. The fourth-order valence-electron chi connectivity index (χ4n) is 4.86. The number of carbonyl (C=O) groups is 1. The number of fused-ring (bicyclic) bond motifs is 3. The molecule has 0 aromatic heterocycles. The maximum atomic E-state index is 13.5. The molecule has 6 nitrogen and oxygen atoms in total. The first-order chi connectivity index (χ1) is 16.5. The van der Waals surface area contributed by atoms with Gasteiger partial charge in [-0.1, -0.05) is 42.5 Å². The summed E-state index contributed by atoms with van der Waals surface area (Å²) in [6.07, 6.45) is 0.895. The van der Waals surface area contributed by atoms with Gasteiger partial charge in [-0.2, -0.15) is 0 Å². The molecule has 0 saturated heterocycles. The maximum Gasteiger partial charge on any atom is 0.248 e. The van der Waals surface area contributed by atoms with Gasteiger partial charge in [-0.15, -0.1) is 11.8 Å². The summed E-state index contributed by atoms with van der Waals surface area (Å²) in [5.74, 6) is -0.773. The minimum atomic E-state index is -0.531. The molecule has 4 rings (SSSR count). The van der Waals surface area contributed by atoms with Crippen molar-refractivity contribution in [2.75, 3.05) is 27.6 Å². The lowest BCUT2D eigenvalue weighted by atomic mass is 9.83. The van der Waals surface area contributed by atoms with E-state index in [2.05, 4.69) is 0 Å². The van der Waals surface area contributed by atoms with Crippen LogP contribution in [0.25, 0.3) is 11.1 Å². The Kier molecular flexibility index (Phi) is 7.07. The highest BCUT2D eigenvalue weighted by molar-refractivity contribution is 7.98. The van der Waals surface area contributed by atoms with Gasteiger partial charge in [0.15, 0.2) is 5.75 Å². The van der Waals surface area contributed by atoms with E-state index in [1.165, 1.54) is 18.9 Å². The molecule has 0 saturated carbocycles. The molecule has 3 atom stereocenters. The van der Waals surface area contributed by atoms with Crippen LogP contribution in [0.5, 0.6) is 5.75 Å². The fraction of sp³-hybridized carbons (Fsp3) is 0.259. The SMILES string of the molecule is COc1c2c(ccc(SC)c1=O)-c1ccccc1C(OC)C(OC)C2c1cccc(C(N)=O)c1. The number of benzene rings is 2. The molecule has 0 heterocycles. The molecule has 0 bridgehead atoms. The van der Waals surface area contributed by atoms with Crippen LogP contribution in [0.15, 0.2) is 70.4 Å². The Morgan fingerprint density at radius 3 is 2.35 bits per heavy atom. The minimum Gasteiger partial charge on any atom is -0.492 e. The lowest BCUT2D eigenvalue weighted by Gasteiger charge is -2.31. The first kappa shape index (κ1) is 24.0. The highest BCUT2D eigenvalue weighted by atomic mass is 32.2. The van der Waals surface area contributed by atoms with E-state index in [0.29, 0.717) is 16.0 Å². The predicted molar refractivity (Wildman–Crippen MR) is 134 cm³/mol. The zero-order chi connectivity index (χ0) is 24.4. The molecule has 176 valence electrons. The van der Waals surface area contributed by atoms with Gasteiger partial charge in [-0.05, 0) is 46.7 Å². The second kappa shape index (κ2) is 10.0. The summed E-state index contributed by atoms with van der Waals surface area (Å²) >= 11 is 1.37. The first-order valence-corrected chi connectivity index (χ1v) is 12.0. The fourth-order valence-corrected chi connectivity index (χ4v) is 5.34. The van der Waals surface area contributed by atoms with Crippen LogP contribution in [-0.4, -0.2) is 39.6 Å². The topological polar surface area (TPSA) is 87.8 Å². The summed E-state index contributed by atoms with van der Waals surface area (Å²) in [6, 6.07) is 18.8. The van der Waals surface area contributed by atoms with Crippen LogP contribution in [-0.2, 0) is 9.47 Å². The number of methoxy groups -OCH3 is 3. The third-order valence-electron chi connectivity index (χ3n) is 6.34. The van der Waals surface area contributed by atoms with Gasteiger partial charge < -0.3 is 19.9 Å². The van der Waals surface area contributed by atoms with Gasteiger partial charge in [0, 0.05) is 31.3 Å². The molecular formula is C27H27NO5S. The largest absolute Gasteiger partial charge is 0.492 e. The Morgan fingerprint density at radius 1 is 0.941 bits per heavy atom. The summed E-state index contributed by atoms with van der Waals surface area (Å²) in [5, 5.41) is 0. The van der Waals surface area contributed by atoms with E-state index in [4.69, 9.17) is 19.9 Å². The van der Waals surface area contributed by atoms with Gasteiger partial charge in [0.25, 0.3) is 0 Å². The maximum absolute atomic E-state index is 13.5. The molecule has 2 N–H and O–H groups in total. The van der Waals surface area contributed by atoms with Crippen molar-refractivity contribution in [1.82, 2.24) is 0 Å². The molecule has 0 fully saturated rings. The van der Waals surface area contributed by atoms with Crippen molar-refractivity contribution in [3.63, 3.8) is 0 Å². The molecule has 7 heteroatoms. The normalized spacial score (nSPS) is 19.0. The molecule has 1 amide bonds. The number of carbonyl (C=O) groups excluding carboxylic acids is 1. The molecule has 34 heavy (non-hydrogen) atoms. The summed E-state index contributed by atoms with van der Waals surface area (Å²) in [6.45, 7) is 0. The number of hydrogen-bond acceptors (Lipinski definition) is 6. The number of rotatable bonds is 6. The standard InChI is InChI=1S/C27H27NO5S/c1-31-24-19-11-6-5-10-17(19)18-12-13-20(34-4)23(29)25(32-2)22(18)21(26(24)33-3)15-8-7-9-16(14-15)27(28)30/h5-14,21,24,26H,1-4H3,(H2,28,30). The van der Waals surface area contributed by atoms with Crippen LogP contribution in [0, 0.1) is 0 Å². The number of thioether (sulfide) groups is 1. The Morgan fingerprint density at radius 2 is 1.71 bits per heavy atom. The summed E-state index contributed by atoms with van der Waals surface area (Å²) in [7, 11) is 4.77. The quantitative estimate of drug-likeness (QED) is 0.530. The predicted octanol–water partition coefficient (Wildman–Crippen LogP) is 4.39. The Hall–Kier alpha value is -3.13. The van der Waals surface area contributed by atoms with Crippen molar-refractivity contribution in [2.24, 2.45) is 5.73 Å². The van der Waals surface area contributed by atoms with Crippen molar-refractivity contribution in [3.05, 3.63) is 93.1 Å². The first-order valence-electron chi connectivity index (χ1n) is 10.8. The van der Waals surface area contributed by atoms with Gasteiger partial charge in [-0.3, -0.25) is 9.59 Å². The van der Waals surface area contributed by atoms with Crippen LogP contribution >= 0.6 is 11.8 Å². The molecule has 1 aliphatic carbocycles. The second-order valence-electron chi connectivity index (χ2n) is 8.00. The smallest absolute Gasteiger partial charge is 0.248 e. The minimum absolute atomic E-state index is 0.199. The van der Waals surface area contributed by atoms with E-state index in [1.807, 2.05) is 48.7 Å². The number of hydrogen-bond donors (Lipinski definition) is 1. The van der Waals surface area contributed by atoms with Crippen molar-refractivity contribution in [3.8, 4) is 16.9 Å². The summed E-state index contributed by atoms with van der Waals surface area (Å²) < 4.78 is 17.9. The molecule has 3 unspecified atom stereocenters. The van der Waals surface area contributed by atoms with E-state index in [0.717, 1.165) is 22.3 Å². The van der Waals surface area contributed by atoms with Gasteiger partial charge >= 0.3 is 0 Å². The highest BCUT2D eigenvalue weighted by Gasteiger charge is 2.41. The van der Waals surface area contributed by atoms with Crippen LogP contribution in [0.3, 0.4) is 0 Å². The van der Waals surface area contributed by atoms with Crippen LogP contribution in [0.4, 0.5) is 0 Å². The molecule has 0 radical (unpaired) electrons. The summed E-state index contributed by atoms with van der Waals surface area (Å²) in [4.78, 5) is 26.1. The third kappa shape index (κ3) is 4.00. The zero-order valence-corrected chi connectivity index (χ0v) is 20.3. The molecule has 0 spiro atoms. The molecule has 1 aliphatic rings. The molecule has 3 aromatic rings. The van der Waals surface area contributed by atoms with E-state index in [-0.39, 0.29) is 11.2 Å². The second-order valence-corrected chi connectivity index (χ2v) is 8.85. The summed E-state index contributed by atoms with van der Waals surface area (Å²) in [5.41, 5.74) is 9.95. The van der Waals surface area contributed by atoms with Crippen molar-refractivity contribution in [2.45, 2.75) is 23.0 Å². The van der Waals surface area contributed by atoms with E-state index in [1.54, 1.807) is 32.4 Å². The van der Waals surface area contributed by atoms with E-state index in [9.17, 15) is 9.59 Å².